The molecule has 0 bridgehead atoms. The molecule has 5 nitrogen and oxygen atoms in total. The molecule has 3 rings (SSSR count). The maximum Gasteiger partial charge on any atom is 0.194 e. The molecule has 2 N–H and O–H groups in total. The summed E-state index contributed by atoms with van der Waals surface area (Å²) >= 11 is 1.82. The minimum Gasteiger partial charge on any atom is -0.387 e. The fourth-order valence-corrected chi connectivity index (χ4v) is 4.84. The van der Waals surface area contributed by atoms with Crippen LogP contribution in [-0.4, -0.2) is 77.2 Å². The highest BCUT2D eigenvalue weighted by Crippen LogP contribution is 2.28. The summed E-state index contributed by atoms with van der Waals surface area (Å²) in [7, 11) is 0. The van der Waals surface area contributed by atoms with E-state index < -0.39 is 5.60 Å². The summed E-state index contributed by atoms with van der Waals surface area (Å²) in [6.07, 6.45) is 0.852. The molecule has 144 valence electrons. The molecule has 0 amide bonds. The third-order valence-electron chi connectivity index (χ3n) is 5.10. The smallest absolute Gasteiger partial charge is 0.194 e. The van der Waals surface area contributed by atoms with Gasteiger partial charge in [0.2, 0.25) is 0 Å². The van der Waals surface area contributed by atoms with Crippen LogP contribution in [0.5, 0.6) is 0 Å². The molecule has 1 aromatic rings. The molecule has 6 heteroatoms. The number of thioether (sulfide) groups is 1. The van der Waals surface area contributed by atoms with Gasteiger partial charge >= 0.3 is 0 Å². The molecule has 1 atom stereocenters. The average molecular weight is 377 g/mol. The lowest BCUT2D eigenvalue weighted by Gasteiger charge is -2.37. The zero-order valence-corrected chi connectivity index (χ0v) is 16.9. The number of aliphatic hydroxyl groups is 1. The van der Waals surface area contributed by atoms with Crippen molar-refractivity contribution in [2.45, 2.75) is 32.4 Å². The van der Waals surface area contributed by atoms with E-state index in [4.69, 9.17) is 4.99 Å². The predicted octanol–water partition coefficient (Wildman–Crippen LogP) is 1.95. The van der Waals surface area contributed by atoms with Crippen LogP contribution in [0.1, 0.15) is 24.5 Å². The number of aliphatic imine (C=N–C) groups is 1. The van der Waals surface area contributed by atoms with E-state index in [0.29, 0.717) is 6.54 Å². The lowest BCUT2D eigenvalue weighted by atomic mass is 10.0. The number of rotatable bonds is 5. The second-order valence-corrected chi connectivity index (χ2v) is 8.55. The molecule has 0 aromatic heterocycles. The van der Waals surface area contributed by atoms with Crippen LogP contribution in [0.25, 0.3) is 0 Å². The van der Waals surface area contributed by atoms with Crippen LogP contribution in [0.2, 0.25) is 0 Å². The van der Waals surface area contributed by atoms with Gasteiger partial charge in [0.25, 0.3) is 0 Å². The van der Waals surface area contributed by atoms with Crippen molar-refractivity contribution in [3.05, 3.63) is 35.4 Å². The van der Waals surface area contributed by atoms with Crippen molar-refractivity contribution in [1.82, 2.24) is 15.1 Å². The molecule has 2 saturated heterocycles. The standard InChI is InChI=1S/C20H32N4OS/c1-3-21-19(22-15-20(25)7-12-26-16-20)24-10-8-23(9-11-24)14-18-6-4-5-17(2)13-18/h4-6,13,25H,3,7-12,14-16H2,1-2H3,(H,21,22). The Morgan fingerprint density at radius 2 is 2.12 bits per heavy atom. The normalized spacial score (nSPS) is 24.9. The summed E-state index contributed by atoms with van der Waals surface area (Å²) in [4.78, 5) is 9.61. The molecular formula is C20H32N4OS. The minimum atomic E-state index is -0.613. The minimum absolute atomic E-state index is 0.506. The highest BCUT2D eigenvalue weighted by molar-refractivity contribution is 7.99. The van der Waals surface area contributed by atoms with Gasteiger partial charge in [-0.2, -0.15) is 11.8 Å². The van der Waals surface area contributed by atoms with Crippen molar-refractivity contribution in [3.63, 3.8) is 0 Å². The molecule has 0 aliphatic carbocycles. The van der Waals surface area contributed by atoms with Gasteiger partial charge in [0.15, 0.2) is 5.96 Å². The van der Waals surface area contributed by atoms with Crippen molar-refractivity contribution in [3.8, 4) is 0 Å². The first-order valence-corrected chi connectivity index (χ1v) is 10.8. The maximum absolute atomic E-state index is 10.6. The molecule has 1 aromatic carbocycles. The van der Waals surface area contributed by atoms with Crippen molar-refractivity contribution in [2.75, 3.05) is 50.8 Å². The Labute approximate surface area is 161 Å². The summed E-state index contributed by atoms with van der Waals surface area (Å²) in [6, 6.07) is 8.78. The fraction of sp³-hybridized carbons (Fsp3) is 0.650. The van der Waals surface area contributed by atoms with Gasteiger partial charge in [-0.1, -0.05) is 29.8 Å². The van der Waals surface area contributed by atoms with Crippen molar-refractivity contribution >= 4 is 17.7 Å². The SMILES string of the molecule is CCNC(=NCC1(O)CCSC1)N1CCN(Cc2cccc(C)c2)CC1. The van der Waals surface area contributed by atoms with Crippen molar-refractivity contribution < 1.29 is 5.11 Å². The van der Waals surface area contributed by atoms with Crippen LogP contribution in [-0.2, 0) is 6.54 Å². The Balaban J connectivity index is 1.54. The summed E-state index contributed by atoms with van der Waals surface area (Å²) in [5.41, 5.74) is 2.10. The van der Waals surface area contributed by atoms with Gasteiger partial charge in [0, 0.05) is 45.0 Å². The number of aryl methyl sites for hydroxylation is 1. The van der Waals surface area contributed by atoms with Crippen LogP contribution in [0.3, 0.4) is 0 Å². The number of guanidine groups is 1. The topological polar surface area (TPSA) is 51.1 Å². The largest absolute Gasteiger partial charge is 0.387 e. The lowest BCUT2D eigenvalue weighted by molar-refractivity contribution is 0.0773. The van der Waals surface area contributed by atoms with Gasteiger partial charge in [0.1, 0.15) is 0 Å². The number of hydrogen-bond acceptors (Lipinski definition) is 4. The van der Waals surface area contributed by atoms with E-state index in [1.807, 2.05) is 11.8 Å². The summed E-state index contributed by atoms with van der Waals surface area (Å²) < 4.78 is 0. The Hall–Kier alpha value is -1.24. The zero-order valence-electron chi connectivity index (χ0n) is 16.1. The molecule has 0 radical (unpaired) electrons. The van der Waals surface area contributed by atoms with E-state index in [2.05, 4.69) is 53.2 Å². The van der Waals surface area contributed by atoms with Gasteiger partial charge in [-0.05, 0) is 31.6 Å². The number of benzene rings is 1. The third-order valence-corrected chi connectivity index (χ3v) is 6.34. The molecular weight excluding hydrogens is 344 g/mol. The highest BCUT2D eigenvalue weighted by Gasteiger charge is 2.32. The van der Waals surface area contributed by atoms with E-state index in [1.54, 1.807) is 0 Å². The molecule has 26 heavy (non-hydrogen) atoms. The Bertz CT molecular complexity index is 608. The molecule has 2 heterocycles. The van der Waals surface area contributed by atoms with Crippen LogP contribution in [0.15, 0.2) is 29.3 Å². The van der Waals surface area contributed by atoms with Gasteiger partial charge in [-0.15, -0.1) is 0 Å². The van der Waals surface area contributed by atoms with Crippen LogP contribution in [0.4, 0.5) is 0 Å². The molecule has 0 saturated carbocycles. The van der Waals surface area contributed by atoms with E-state index >= 15 is 0 Å². The molecule has 2 aliphatic heterocycles. The average Bonchev–Trinajstić information content (AvgIpc) is 3.06. The van der Waals surface area contributed by atoms with Gasteiger partial charge < -0.3 is 15.3 Å². The zero-order chi connectivity index (χ0) is 18.4. The van der Waals surface area contributed by atoms with Crippen LogP contribution >= 0.6 is 11.8 Å². The second kappa shape index (κ2) is 9.11. The Kier molecular flexibility index (Phi) is 6.84. The van der Waals surface area contributed by atoms with E-state index in [9.17, 15) is 5.11 Å². The summed E-state index contributed by atoms with van der Waals surface area (Å²) in [6.45, 7) is 10.7. The Morgan fingerprint density at radius 1 is 1.31 bits per heavy atom. The number of nitrogens with one attached hydrogen (secondary N) is 1. The predicted molar refractivity (Wildman–Crippen MR) is 111 cm³/mol. The number of piperazine rings is 1. The first-order chi connectivity index (χ1) is 12.6. The quantitative estimate of drug-likeness (QED) is 0.608. The van der Waals surface area contributed by atoms with Gasteiger partial charge in [-0.25, -0.2) is 0 Å². The Morgan fingerprint density at radius 3 is 2.77 bits per heavy atom. The molecule has 1 unspecified atom stereocenters. The monoisotopic (exact) mass is 376 g/mol. The van der Waals surface area contributed by atoms with Crippen molar-refractivity contribution in [1.29, 1.82) is 0 Å². The molecule has 2 fully saturated rings. The van der Waals surface area contributed by atoms with Crippen molar-refractivity contribution in [2.24, 2.45) is 4.99 Å². The maximum atomic E-state index is 10.6. The van der Waals surface area contributed by atoms with E-state index in [1.165, 1.54) is 11.1 Å². The van der Waals surface area contributed by atoms with Gasteiger partial charge in [0.05, 0.1) is 12.1 Å². The third kappa shape index (κ3) is 5.38. The molecule has 0 spiro atoms. The van der Waals surface area contributed by atoms with E-state index in [0.717, 1.165) is 63.2 Å². The fourth-order valence-electron chi connectivity index (χ4n) is 3.56. The molecule has 2 aliphatic rings. The van der Waals surface area contributed by atoms with Crippen LogP contribution < -0.4 is 5.32 Å². The second-order valence-electron chi connectivity index (χ2n) is 7.45. The first-order valence-electron chi connectivity index (χ1n) is 9.69. The number of hydrogen-bond donors (Lipinski definition) is 2. The van der Waals surface area contributed by atoms with Gasteiger partial charge in [-0.3, -0.25) is 9.89 Å². The van der Waals surface area contributed by atoms with E-state index in [-0.39, 0.29) is 0 Å². The summed E-state index contributed by atoms with van der Waals surface area (Å²) in [5.74, 6) is 2.80. The first kappa shape index (κ1) is 19.5. The van der Waals surface area contributed by atoms with Crippen LogP contribution in [0, 0.1) is 6.92 Å². The lowest BCUT2D eigenvalue weighted by Crippen LogP contribution is -2.52. The number of nitrogens with zero attached hydrogens (tertiary/aromatic N) is 3. The highest BCUT2D eigenvalue weighted by atomic mass is 32.2. The summed E-state index contributed by atoms with van der Waals surface area (Å²) in [5, 5.41) is 14.0.